The first-order chi connectivity index (χ1) is 11.1. The molecule has 1 rings (SSSR count). The molecule has 0 aliphatic carbocycles. The minimum absolute atomic E-state index is 0.297. The van der Waals surface area contributed by atoms with Crippen LogP contribution >= 0.6 is 0 Å². The van der Waals surface area contributed by atoms with Gasteiger partial charge in [-0.15, -0.1) is 0 Å². The van der Waals surface area contributed by atoms with Gasteiger partial charge in [0, 0.05) is 46.0 Å². The fraction of sp³-hybridized carbons (Fsp3) is 0.500. The Balaban J connectivity index is 2.27. The highest BCUT2D eigenvalue weighted by Crippen LogP contribution is 2.08. The van der Waals surface area contributed by atoms with Crippen LogP contribution in [0.5, 0.6) is 0 Å². The van der Waals surface area contributed by atoms with E-state index in [1.807, 2.05) is 0 Å². The first kappa shape index (κ1) is 18.9. The third-order valence-electron chi connectivity index (χ3n) is 3.18. The van der Waals surface area contributed by atoms with Gasteiger partial charge in [0.25, 0.3) is 5.91 Å². The lowest BCUT2D eigenvalue weighted by molar-refractivity contribution is 0.0954. The summed E-state index contributed by atoms with van der Waals surface area (Å²) in [7, 11) is 3.34. The maximum atomic E-state index is 13.4. The van der Waals surface area contributed by atoms with E-state index in [0.29, 0.717) is 36.8 Å². The predicted octanol–water partition coefficient (Wildman–Crippen LogP) is 1.07. The Morgan fingerprint density at radius 1 is 1.22 bits per heavy atom. The van der Waals surface area contributed by atoms with Crippen LogP contribution in [0.25, 0.3) is 0 Å². The van der Waals surface area contributed by atoms with Crippen molar-refractivity contribution in [2.45, 2.75) is 13.3 Å². The maximum Gasteiger partial charge on any atom is 0.251 e. The van der Waals surface area contributed by atoms with Gasteiger partial charge < -0.3 is 20.7 Å². The summed E-state index contributed by atoms with van der Waals surface area (Å²) in [5.74, 6) is -0.0121. The van der Waals surface area contributed by atoms with E-state index >= 15 is 0 Å². The lowest BCUT2D eigenvalue weighted by Gasteiger charge is -2.12. The molecule has 7 heteroatoms. The Hall–Kier alpha value is -2.15. The third kappa shape index (κ3) is 7.10. The van der Waals surface area contributed by atoms with Crippen molar-refractivity contribution < 1.29 is 13.9 Å². The highest BCUT2D eigenvalue weighted by atomic mass is 19.1. The smallest absolute Gasteiger partial charge is 0.251 e. The number of nitrogens with zero attached hydrogens (tertiary/aromatic N) is 1. The van der Waals surface area contributed by atoms with Crippen LogP contribution < -0.4 is 16.0 Å². The summed E-state index contributed by atoms with van der Waals surface area (Å²) in [6, 6.07) is 4.44. The SMILES string of the molecule is CN=C(NCCCOC)NCCNC(=O)c1ccc(C)c(F)c1. The van der Waals surface area contributed by atoms with Crippen LogP contribution in [0.4, 0.5) is 4.39 Å². The molecule has 0 saturated carbocycles. The Bertz CT molecular complexity index is 535. The minimum Gasteiger partial charge on any atom is -0.385 e. The highest BCUT2D eigenvalue weighted by molar-refractivity contribution is 5.94. The second kappa shape index (κ2) is 10.6. The molecule has 0 unspecified atom stereocenters. The largest absolute Gasteiger partial charge is 0.385 e. The van der Waals surface area contributed by atoms with Crippen LogP contribution in [0.2, 0.25) is 0 Å². The fourth-order valence-corrected chi connectivity index (χ4v) is 1.84. The number of amides is 1. The molecule has 0 atom stereocenters. The number of benzene rings is 1. The van der Waals surface area contributed by atoms with Gasteiger partial charge in [-0.25, -0.2) is 4.39 Å². The zero-order valence-corrected chi connectivity index (χ0v) is 13.9. The Morgan fingerprint density at radius 3 is 2.57 bits per heavy atom. The maximum absolute atomic E-state index is 13.4. The first-order valence-corrected chi connectivity index (χ1v) is 7.56. The van der Waals surface area contributed by atoms with Crippen molar-refractivity contribution in [1.29, 1.82) is 0 Å². The van der Waals surface area contributed by atoms with Crippen molar-refractivity contribution in [2.75, 3.05) is 40.4 Å². The van der Waals surface area contributed by atoms with Gasteiger partial charge in [0.15, 0.2) is 5.96 Å². The van der Waals surface area contributed by atoms with E-state index in [-0.39, 0.29) is 11.7 Å². The molecule has 1 aromatic carbocycles. The van der Waals surface area contributed by atoms with E-state index < -0.39 is 0 Å². The molecule has 1 aromatic rings. The standard InChI is InChI=1S/C16H25FN4O2/c1-12-5-6-13(11-14(12)17)15(22)19-8-9-21-16(18-2)20-7-4-10-23-3/h5-6,11H,4,7-10H2,1-3H3,(H,19,22)(H2,18,20,21). The summed E-state index contributed by atoms with van der Waals surface area (Å²) >= 11 is 0. The number of hydrogen-bond donors (Lipinski definition) is 3. The Morgan fingerprint density at radius 2 is 1.91 bits per heavy atom. The van der Waals surface area contributed by atoms with Gasteiger partial charge in [-0.1, -0.05) is 6.07 Å². The van der Waals surface area contributed by atoms with Crippen LogP contribution in [0.1, 0.15) is 22.3 Å². The molecule has 1 amide bonds. The van der Waals surface area contributed by atoms with E-state index in [9.17, 15) is 9.18 Å². The van der Waals surface area contributed by atoms with Gasteiger partial charge in [0.1, 0.15) is 5.82 Å². The van der Waals surface area contributed by atoms with E-state index in [1.165, 1.54) is 6.07 Å². The van der Waals surface area contributed by atoms with Crippen molar-refractivity contribution in [3.8, 4) is 0 Å². The average Bonchev–Trinajstić information content (AvgIpc) is 2.55. The van der Waals surface area contributed by atoms with Crippen molar-refractivity contribution in [3.63, 3.8) is 0 Å². The van der Waals surface area contributed by atoms with E-state index in [1.54, 1.807) is 33.2 Å². The predicted molar refractivity (Wildman–Crippen MR) is 89.3 cm³/mol. The molecule has 6 nitrogen and oxygen atoms in total. The lowest BCUT2D eigenvalue weighted by Crippen LogP contribution is -2.42. The summed E-state index contributed by atoms with van der Waals surface area (Å²) < 4.78 is 18.4. The zero-order valence-electron chi connectivity index (χ0n) is 13.9. The van der Waals surface area contributed by atoms with Crippen LogP contribution in [0, 0.1) is 12.7 Å². The molecule has 0 spiro atoms. The van der Waals surface area contributed by atoms with Crippen LogP contribution in [0.3, 0.4) is 0 Å². The monoisotopic (exact) mass is 324 g/mol. The number of guanidine groups is 1. The van der Waals surface area contributed by atoms with Crippen LogP contribution in [-0.2, 0) is 4.74 Å². The second-order valence-electron chi connectivity index (χ2n) is 4.99. The Kier molecular flexibility index (Phi) is 8.67. The summed E-state index contributed by atoms with van der Waals surface area (Å²) in [4.78, 5) is 16.0. The number of halogens is 1. The number of carbonyl (C=O) groups excluding carboxylic acids is 1. The topological polar surface area (TPSA) is 74.8 Å². The van der Waals surface area contributed by atoms with Crippen LogP contribution in [-0.4, -0.2) is 52.3 Å². The number of rotatable bonds is 8. The van der Waals surface area contributed by atoms with Gasteiger partial charge in [0.2, 0.25) is 0 Å². The quantitative estimate of drug-likeness (QED) is 0.380. The molecule has 0 aliphatic heterocycles. The van der Waals surface area contributed by atoms with E-state index in [0.717, 1.165) is 13.0 Å². The van der Waals surface area contributed by atoms with Crippen LogP contribution in [0.15, 0.2) is 23.2 Å². The normalized spacial score (nSPS) is 11.2. The van der Waals surface area contributed by atoms with E-state index in [4.69, 9.17) is 4.74 Å². The molecular weight excluding hydrogens is 299 g/mol. The fourth-order valence-electron chi connectivity index (χ4n) is 1.84. The lowest BCUT2D eigenvalue weighted by atomic mass is 10.1. The Labute approximate surface area is 136 Å². The first-order valence-electron chi connectivity index (χ1n) is 7.56. The molecule has 0 fully saturated rings. The minimum atomic E-state index is -0.378. The summed E-state index contributed by atoms with van der Waals surface area (Å²) in [5.41, 5.74) is 0.835. The van der Waals surface area contributed by atoms with Gasteiger partial charge in [-0.3, -0.25) is 9.79 Å². The van der Waals surface area contributed by atoms with Crippen molar-refractivity contribution in [2.24, 2.45) is 4.99 Å². The molecule has 0 radical (unpaired) electrons. The molecule has 0 bridgehead atoms. The number of aryl methyl sites for hydroxylation is 1. The molecular formula is C16H25FN4O2. The van der Waals surface area contributed by atoms with Crippen molar-refractivity contribution >= 4 is 11.9 Å². The number of nitrogens with one attached hydrogen (secondary N) is 3. The van der Waals surface area contributed by atoms with Gasteiger partial charge >= 0.3 is 0 Å². The average molecular weight is 324 g/mol. The zero-order chi connectivity index (χ0) is 17.1. The van der Waals surface area contributed by atoms with Gasteiger partial charge in [-0.05, 0) is 31.0 Å². The van der Waals surface area contributed by atoms with Gasteiger partial charge in [0.05, 0.1) is 0 Å². The van der Waals surface area contributed by atoms with Crippen molar-refractivity contribution in [1.82, 2.24) is 16.0 Å². The summed E-state index contributed by atoms with van der Waals surface area (Å²) in [6.45, 7) is 4.03. The highest BCUT2D eigenvalue weighted by Gasteiger charge is 2.07. The van der Waals surface area contributed by atoms with Crippen molar-refractivity contribution in [3.05, 3.63) is 35.1 Å². The van der Waals surface area contributed by atoms with Gasteiger partial charge in [-0.2, -0.15) is 0 Å². The molecule has 128 valence electrons. The number of ether oxygens (including phenoxy) is 1. The molecule has 3 N–H and O–H groups in total. The number of carbonyl (C=O) groups is 1. The summed E-state index contributed by atoms with van der Waals surface area (Å²) in [6.07, 6.45) is 0.882. The third-order valence-corrected chi connectivity index (χ3v) is 3.18. The van der Waals surface area contributed by atoms with E-state index in [2.05, 4.69) is 20.9 Å². The molecule has 0 saturated heterocycles. The molecule has 0 aromatic heterocycles. The number of hydrogen-bond acceptors (Lipinski definition) is 3. The number of aliphatic imine (C=N–C) groups is 1. The molecule has 23 heavy (non-hydrogen) atoms. The summed E-state index contributed by atoms with van der Waals surface area (Å²) in [5, 5.41) is 8.95. The molecule has 0 heterocycles. The number of methoxy groups -OCH3 is 1. The second-order valence-corrected chi connectivity index (χ2v) is 4.99. The molecule has 0 aliphatic rings.